The van der Waals surface area contributed by atoms with Crippen LogP contribution in [0.25, 0.3) is 0 Å². The van der Waals surface area contributed by atoms with Crippen LogP contribution in [-0.2, 0) is 32.3 Å². The van der Waals surface area contributed by atoms with Crippen molar-refractivity contribution in [2.75, 3.05) is 11.5 Å². The fraction of sp³-hybridized carbons (Fsp3) is 0.280. The highest BCUT2D eigenvalue weighted by molar-refractivity contribution is 8.09. The van der Waals surface area contributed by atoms with E-state index in [1.807, 2.05) is 31.4 Å². The lowest BCUT2D eigenvalue weighted by atomic mass is 9.85. The average Bonchev–Trinajstić information content (AvgIpc) is 2.87. The van der Waals surface area contributed by atoms with Crippen LogP contribution in [0.3, 0.4) is 0 Å². The van der Waals surface area contributed by atoms with Crippen LogP contribution in [0, 0.1) is 5.92 Å². The van der Waals surface area contributed by atoms with Gasteiger partial charge >= 0.3 is 11.9 Å². The Labute approximate surface area is 207 Å². The molecule has 0 atom stereocenters. The molecule has 2 aliphatic rings. The number of thioether (sulfide) groups is 2. The zero-order valence-corrected chi connectivity index (χ0v) is 20.6. The van der Waals surface area contributed by atoms with E-state index in [4.69, 9.17) is 9.47 Å². The number of hydrogen-bond acceptors (Lipinski definition) is 9. The van der Waals surface area contributed by atoms with E-state index in [1.54, 1.807) is 60.2 Å². The first-order valence-corrected chi connectivity index (χ1v) is 12.8. The highest BCUT2D eigenvalue weighted by Crippen LogP contribution is 2.44. The first-order chi connectivity index (χ1) is 16.5. The molecule has 0 bridgehead atoms. The Balaban J connectivity index is 1.60. The molecule has 0 aromatic carbocycles. The van der Waals surface area contributed by atoms with Gasteiger partial charge in [0.05, 0.1) is 28.5 Å². The zero-order valence-electron chi connectivity index (χ0n) is 18.9. The van der Waals surface area contributed by atoms with Gasteiger partial charge in [0, 0.05) is 40.2 Å². The Morgan fingerprint density at radius 3 is 1.91 bits per heavy atom. The van der Waals surface area contributed by atoms with Crippen molar-refractivity contribution in [1.82, 2.24) is 15.3 Å². The highest BCUT2D eigenvalue weighted by Gasteiger charge is 2.39. The smallest absolute Gasteiger partial charge is 0.337 e. The number of ether oxygens (including phenoxy) is 2. The van der Waals surface area contributed by atoms with Gasteiger partial charge in [-0.3, -0.25) is 9.97 Å². The standard InChI is InChI=1S/C25H25N3O4S2/c1-16-21(24(29)31-13-18-7-3-5-9-26-18)23(20-15-33-11-12-34-20)22(17(2)28-16)25(30)32-14-19-8-4-6-10-27-19/h3-10,15,23,28H,11-14H2,1-2H3. The number of nitrogens with zero attached hydrogens (tertiary/aromatic N) is 2. The fourth-order valence-corrected chi connectivity index (χ4v) is 6.01. The van der Waals surface area contributed by atoms with Crippen LogP contribution in [0.15, 0.2) is 81.6 Å². The van der Waals surface area contributed by atoms with E-state index in [2.05, 4.69) is 15.3 Å². The summed E-state index contributed by atoms with van der Waals surface area (Å²) >= 11 is 3.32. The van der Waals surface area contributed by atoms with Crippen LogP contribution in [-0.4, -0.2) is 33.4 Å². The van der Waals surface area contributed by atoms with Crippen molar-refractivity contribution in [2.24, 2.45) is 5.92 Å². The molecule has 34 heavy (non-hydrogen) atoms. The Morgan fingerprint density at radius 1 is 0.912 bits per heavy atom. The van der Waals surface area contributed by atoms with Gasteiger partial charge in [-0.05, 0) is 43.5 Å². The minimum Gasteiger partial charge on any atom is -0.456 e. The van der Waals surface area contributed by atoms with E-state index in [1.165, 1.54) is 0 Å². The summed E-state index contributed by atoms with van der Waals surface area (Å²) in [4.78, 5) is 36.0. The van der Waals surface area contributed by atoms with E-state index in [-0.39, 0.29) is 13.2 Å². The molecule has 0 fully saturated rings. The summed E-state index contributed by atoms with van der Waals surface area (Å²) in [6.45, 7) is 3.74. The quantitative estimate of drug-likeness (QED) is 0.563. The summed E-state index contributed by atoms with van der Waals surface area (Å²) in [6, 6.07) is 10.9. The molecule has 0 amide bonds. The lowest BCUT2D eigenvalue weighted by Crippen LogP contribution is -2.34. The molecule has 7 nitrogen and oxygen atoms in total. The van der Waals surface area contributed by atoms with Crippen molar-refractivity contribution in [3.8, 4) is 0 Å². The predicted octanol–water partition coefficient (Wildman–Crippen LogP) is 4.35. The minimum atomic E-state index is -0.563. The van der Waals surface area contributed by atoms with Crippen LogP contribution in [0.5, 0.6) is 0 Å². The first kappa shape index (κ1) is 24.1. The maximum Gasteiger partial charge on any atom is 0.337 e. The third kappa shape index (κ3) is 5.71. The van der Waals surface area contributed by atoms with E-state index < -0.39 is 17.9 Å². The van der Waals surface area contributed by atoms with E-state index in [0.29, 0.717) is 33.9 Å². The van der Waals surface area contributed by atoms with Crippen molar-refractivity contribution >= 4 is 35.5 Å². The molecule has 2 aromatic rings. The number of aromatic nitrogens is 2. The number of allylic oxidation sites excluding steroid dienone is 3. The number of pyridine rings is 2. The Kier molecular flexibility index (Phi) is 8.08. The van der Waals surface area contributed by atoms with Gasteiger partial charge in [0.15, 0.2) is 0 Å². The molecular formula is C25H25N3O4S2. The zero-order chi connectivity index (χ0) is 23.9. The molecule has 4 rings (SSSR count). The molecule has 0 saturated heterocycles. The van der Waals surface area contributed by atoms with E-state index in [9.17, 15) is 9.59 Å². The summed E-state index contributed by atoms with van der Waals surface area (Å²) in [5.41, 5.74) is 3.44. The molecule has 0 radical (unpaired) electrons. The number of rotatable bonds is 7. The number of hydrogen-bond donors (Lipinski definition) is 1. The molecular weight excluding hydrogens is 470 g/mol. The maximum atomic E-state index is 13.3. The molecule has 0 aliphatic carbocycles. The lowest BCUT2D eigenvalue weighted by molar-refractivity contribution is -0.141. The molecule has 0 spiro atoms. The van der Waals surface area contributed by atoms with Crippen LogP contribution >= 0.6 is 23.5 Å². The summed E-state index contributed by atoms with van der Waals surface area (Å²) in [7, 11) is 0. The van der Waals surface area contributed by atoms with Crippen molar-refractivity contribution < 1.29 is 19.1 Å². The van der Waals surface area contributed by atoms with Crippen molar-refractivity contribution in [2.45, 2.75) is 27.1 Å². The second kappa shape index (κ2) is 11.4. The Hall–Kier alpha value is -3.04. The SMILES string of the molecule is CC1=C(C(=O)OCc2ccccn2)C(C2=CSCCS2)C(C(=O)OCc2ccccn2)=C(C)N1. The maximum absolute atomic E-state index is 13.3. The van der Waals surface area contributed by atoms with Crippen LogP contribution in [0.4, 0.5) is 0 Å². The second-order valence-electron chi connectivity index (χ2n) is 7.67. The van der Waals surface area contributed by atoms with E-state index >= 15 is 0 Å². The first-order valence-electron chi connectivity index (χ1n) is 10.8. The number of esters is 2. The Bertz CT molecular complexity index is 1070. The predicted molar refractivity (Wildman–Crippen MR) is 133 cm³/mol. The van der Waals surface area contributed by atoms with E-state index in [0.717, 1.165) is 16.4 Å². The molecule has 0 unspecified atom stereocenters. The number of nitrogens with one attached hydrogen (secondary N) is 1. The third-order valence-corrected chi connectivity index (χ3v) is 7.67. The topological polar surface area (TPSA) is 90.4 Å². The fourth-order valence-electron chi connectivity index (χ4n) is 3.76. The number of carbonyl (C=O) groups is 2. The van der Waals surface area contributed by atoms with Gasteiger partial charge in [-0.25, -0.2) is 9.59 Å². The average molecular weight is 496 g/mol. The molecule has 2 aliphatic heterocycles. The number of carbonyl (C=O) groups excluding carboxylic acids is 2. The van der Waals surface area contributed by atoms with Crippen molar-refractivity contribution in [3.05, 3.63) is 93.0 Å². The lowest BCUT2D eigenvalue weighted by Gasteiger charge is -2.32. The largest absolute Gasteiger partial charge is 0.456 e. The van der Waals surface area contributed by atoms with Gasteiger partial charge in [-0.15, -0.1) is 23.5 Å². The molecule has 2 aromatic heterocycles. The molecule has 4 heterocycles. The molecule has 9 heteroatoms. The number of dihydropyridines is 1. The van der Waals surface area contributed by atoms with Crippen LogP contribution in [0.2, 0.25) is 0 Å². The normalized spacial score (nSPS) is 16.6. The van der Waals surface area contributed by atoms with Gasteiger partial charge in [-0.1, -0.05) is 12.1 Å². The summed E-state index contributed by atoms with van der Waals surface area (Å²) in [6.07, 6.45) is 3.31. The van der Waals surface area contributed by atoms with Gasteiger partial charge in [0.1, 0.15) is 13.2 Å². The summed E-state index contributed by atoms with van der Waals surface area (Å²) in [5.74, 6) is 0.334. The molecule has 0 saturated carbocycles. The van der Waals surface area contributed by atoms with Crippen LogP contribution < -0.4 is 5.32 Å². The van der Waals surface area contributed by atoms with Gasteiger partial charge in [0.25, 0.3) is 0 Å². The summed E-state index contributed by atoms with van der Waals surface area (Å²) in [5, 5.41) is 5.22. The van der Waals surface area contributed by atoms with Gasteiger partial charge < -0.3 is 14.8 Å². The minimum absolute atomic E-state index is 0.0479. The Morgan fingerprint density at radius 2 is 1.47 bits per heavy atom. The van der Waals surface area contributed by atoms with Crippen LogP contribution in [0.1, 0.15) is 25.2 Å². The highest BCUT2D eigenvalue weighted by atomic mass is 32.2. The van der Waals surface area contributed by atoms with Crippen molar-refractivity contribution in [1.29, 1.82) is 0 Å². The molecule has 176 valence electrons. The third-order valence-electron chi connectivity index (χ3n) is 5.31. The second-order valence-corrected chi connectivity index (χ2v) is 9.81. The molecule has 1 N–H and O–H groups in total. The monoisotopic (exact) mass is 495 g/mol. The van der Waals surface area contributed by atoms with Gasteiger partial charge in [0.2, 0.25) is 0 Å². The van der Waals surface area contributed by atoms with Crippen molar-refractivity contribution in [3.63, 3.8) is 0 Å². The summed E-state index contributed by atoms with van der Waals surface area (Å²) < 4.78 is 11.2. The van der Waals surface area contributed by atoms with Gasteiger partial charge in [-0.2, -0.15) is 0 Å².